The molecule has 0 fully saturated rings. The van der Waals surface area contributed by atoms with Crippen LogP contribution in [0.15, 0.2) is 59.7 Å². The van der Waals surface area contributed by atoms with E-state index < -0.39 is 6.04 Å². The third-order valence-corrected chi connectivity index (χ3v) is 7.13. The number of nitrogens with two attached hydrogens (primary N) is 1. The summed E-state index contributed by atoms with van der Waals surface area (Å²) in [4.78, 5) is 35.7. The molecule has 0 unspecified atom stereocenters. The SMILES string of the molecule is Nc1cc2sc(CNC(=O)[C@@H]3CCc4ncc(NCCCc5ccccc5)c(=O)n43)cc2cn1. The van der Waals surface area contributed by atoms with Gasteiger partial charge in [0.25, 0.3) is 5.56 Å². The summed E-state index contributed by atoms with van der Waals surface area (Å²) in [5.41, 5.74) is 7.27. The number of nitrogens with zero attached hydrogens (tertiary/aromatic N) is 3. The Morgan fingerprint density at radius 1 is 1.18 bits per heavy atom. The summed E-state index contributed by atoms with van der Waals surface area (Å²) in [6, 6.07) is 13.5. The number of amides is 1. The molecule has 174 valence electrons. The van der Waals surface area contributed by atoms with Gasteiger partial charge in [0.2, 0.25) is 5.91 Å². The fourth-order valence-electron chi connectivity index (χ4n) is 4.32. The molecule has 9 heteroatoms. The van der Waals surface area contributed by atoms with Gasteiger partial charge in [-0.15, -0.1) is 11.3 Å². The van der Waals surface area contributed by atoms with E-state index in [1.807, 2.05) is 30.3 Å². The quantitative estimate of drug-likeness (QED) is 0.338. The number of aromatic nitrogens is 3. The molecule has 0 saturated carbocycles. The standard InChI is InChI=1S/C25H26N6O2S/c26-22-12-21-17(13-28-22)11-18(34-21)14-30-24(32)20-8-9-23-29-15-19(25(33)31(20)23)27-10-4-7-16-5-2-1-3-6-16/h1-3,5-6,11-13,15,20,27H,4,7-10,14H2,(H2,26,28)(H,30,32)/t20-/m0/s1. The van der Waals surface area contributed by atoms with E-state index in [1.165, 1.54) is 5.56 Å². The van der Waals surface area contributed by atoms with Gasteiger partial charge in [0.05, 0.1) is 12.7 Å². The molecule has 8 nitrogen and oxygen atoms in total. The molecule has 0 spiro atoms. The molecular weight excluding hydrogens is 448 g/mol. The maximum absolute atomic E-state index is 13.1. The highest BCUT2D eigenvalue weighted by molar-refractivity contribution is 7.19. The largest absolute Gasteiger partial charge is 0.384 e. The second-order valence-electron chi connectivity index (χ2n) is 8.41. The van der Waals surface area contributed by atoms with Crippen molar-refractivity contribution in [1.82, 2.24) is 19.9 Å². The zero-order valence-electron chi connectivity index (χ0n) is 18.7. The number of carbonyl (C=O) groups is 1. The smallest absolute Gasteiger partial charge is 0.277 e. The Morgan fingerprint density at radius 3 is 2.88 bits per heavy atom. The zero-order chi connectivity index (χ0) is 23.5. The molecule has 1 atom stereocenters. The Kier molecular flexibility index (Phi) is 6.27. The minimum absolute atomic E-state index is 0.168. The van der Waals surface area contributed by atoms with E-state index in [2.05, 4.69) is 32.7 Å². The van der Waals surface area contributed by atoms with Crippen LogP contribution in [0.1, 0.15) is 35.1 Å². The van der Waals surface area contributed by atoms with Gasteiger partial charge in [-0.3, -0.25) is 14.2 Å². The Bertz CT molecular complexity index is 1380. The van der Waals surface area contributed by atoms with Crippen molar-refractivity contribution in [3.8, 4) is 0 Å². The maximum Gasteiger partial charge on any atom is 0.277 e. The van der Waals surface area contributed by atoms with E-state index in [9.17, 15) is 9.59 Å². The summed E-state index contributed by atoms with van der Waals surface area (Å²) in [6.07, 6.45) is 6.32. The topological polar surface area (TPSA) is 115 Å². The Hall–Kier alpha value is -3.72. The van der Waals surface area contributed by atoms with Crippen LogP contribution in [0.5, 0.6) is 0 Å². The van der Waals surface area contributed by atoms with Crippen LogP contribution >= 0.6 is 11.3 Å². The third-order valence-electron chi connectivity index (χ3n) is 6.04. The number of hydrogen-bond acceptors (Lipinski definition) is 7. The number of nitrogens with one attached hydrogen (secondary N) is 2. The average Bonchev–Trinajstić information content (AvgIpc) is 3.46. The first-order chi connectivity index (χ1) is 16.6. The Labute approximate surface area is 200 Å². The molecule has 4 aromatic rings. The van der Waals surface area contributed by atoms with Gasteiger partial charge in [-0.05, 0) is 37.0 Å². The van der Waals surface area contributed by atoms with Crippen molar-refractivity contribution < 1.29 is 4.79 Å². The van der Waals surface area contributed by atoms with Crippen LogP contribution in [0, 0.1) is 0 Å². The van der Waals surface area contributed by atoms with E-state index in [0.717, 1.165) is 27.8 Å². The first kappa shape index (κ1) is 22.1. The number of thiophene rings is 1. The number of fused-ring (bicyclic) bond motifs is 2. The molecule has 34 heavy (non-hydrogen) atoms. The molecule has 3 aromatic heterocycles. The van der Waals surface area contributed by atoms with Gasteiger partial charge < -0.3 is 16.4 Å². The van der Waals surface area contributed by atoms with Gasteiger partial charge >= 0.3 is 0 Å². The van der Waals surface area contributed by atoms with Crippen molar-refractivity contribution >= 4 is 38.8 Å². The molecule has 1 amide bonds. The van der Waals surface area contributed by atoms with Gasteiger partial charge in [-0.25, -0.2) is 9.97 Å². The molecule has 0 radical (unpaired) electrons. The fraction of sp³-hybridized carbons (Fsp3) is 0.280. The second-order valence-corrected chi connectivity index (χ2v) is 9.58. The van der Waals surface area contributed by atoms with Crippen LogP contribution in [-0.4, -0.2) is 27.0 Å². The summed E-state index contributed by atoms with van der Waals surface area (Å²) in [5, 5.41) is 7.19. The zero-order valence-corrected chi connectivity index (χ0v) is 19.5. The lowest BCUT2D eigenvalue weighted by Crippen LogP contribution is -2.36. The molecule has 0 saturated heterocycles. The van der Waals surface area contributed by atoms with E-state index in [1.54, 1.807) is 28.3 Å². The van der Waals surface area contributed by atoms with Crippen molar-refractivity contribution in [1.29, 1.82) is 0 Å². The number of nitrogen functional groups attached to an aromatic ring is 1. The fourth-order valence-corrected chi connectivity index (χ4v) is 5.34. The molecule has 1 aliphatic rings. The summed E-state index contributed by atoms with van der Waals surface area (Å²) < 4.78 is 2.58. The predicted octanol–water partition coefficient (Wildman–Crippen LogP) is 3.28. The number of anilines is 2. The summed E-state index contributed by atoms with van der Waals surface area (Å²) in [7, 11) is 0. The number of carbonyl (C=O) groups excluding carboxylic acids is 1. The van der Waals surface area contributed by atoms with Crippen LogP contribution in [-0.2, 0) is 24.2 Å². The molecular formula is C25H26N6O2S. The highest BCUT2D eigenvalue weighted by atomic mass is 32.1. The van der Waals surface area contributed by atoms with Crippen molar-refractivity contribution in [2.45, 2.75) is 38.3 Å². The third kappa shape index (κ3) is 4.65. The van der Waals surface area contributed by atoms with Gasteiger partial charge in [-0.1, -0.05) is 30.3 Å². The number of aryl methyl sites for hydroxylation is 2. The van der Waals surface area contributed by atoms with E-state index in [0.29, 0.717) is 43.3 Å². The molecule has 5 rings (SSSR count). The van der Waals surface area contributed by atoms with E-state index in [4.69, 9.17) is 5.73 Å². The number of pyridine rings is 1. The molecule has 1 aliphatic heterocycles. The number of rotatable bonds is 8. The normalized spacial score (nSPS) is 14.8. The number of hydrogen-bond donors (Lipinski definition) is 3. The first-order valence-corrected chi connectivity index (χ1v) is 12.2. The van der Waals surface area contributed by atoms with Gasteiger partial charge in [0, 0.05) is 34.1 Å². The van der Waals surface area contributed by atoms with Gasteiger partial charge in [0.15, 0.2) is 0 Å². The lowest BCUT2D eigenvalue weighted by atomic mass is 10.1. The lowest BCUT2D eigenvalue weighted by molar-refractivity contribution is -0.124. The highest BCUT2D eigenvalue weighted by Gasteiger charge is 2.31. The van der Waals surface area contributed by atoms with Crippen LogP contribution in [0.3, 0.4) is 0 Å². The summed E-state index contributed by atoms with van der Waals surface area (Å²) >= 11 is 1.57. The van der Waals surface area contributed by atoms with E-state index in [-0.39, 0.29) is 11.5 Å². The lowest BCUT2D eigenvalue weighted by Gasteiger charge is -2.15. The minimum Gasteiger partial charge on any atom is -0.384 e. The summed E-state index contributed by atoms with van der Waals surface area (Å²) in [6.45, 7) is 1.05. The van der Waals surface area contributed by atoms with E-state index >= 15 is 0 Å². The molecule has 1 aromatic carbocycles. The van der Waals surface area contributed by atoms with Crippen LogP contribution in [0.25, 0.3) is 10.1 Å². The van der Waals surface area contributed by atoms with Crippen molar-refractivity contribution in [2.75, 3.05) is 17.6 Å². The van der Waals surface area contributed by atoms with Crippen molar-refractivity contribution in [2.24, 2.45) is 0 Å². The monoisotopic (exact) mass is 474 g/mol. The number of benzene rings is 1. The van der Waals surface area contributed by atoms with Crippen molar-refractivity contribution in [3.05, 3.63) is 81.5 Å². The van der Waals surface area contributed by atoms with Gasteiger partial charge in [-0.2, -0.15) is 0 Å². The van der Waals surface area contributed by atoms with Crippen LogP contribution in [0.4, 0.5) is 11.5 Å². The summed E-state index contributed by atoms with van der Waals surface area (Å²) in [5.74, 6) is 0.964. The molecule has 4 heterocycles. The minimum atomic E-state index is -0.548. The Balaban J connectivity index is 1.22. The molecule has 0 bridgehead atoms. The van der Waals surface area contributed by atoms with Crippen molar-refractivity contribution in [3.63, 3.8) is 0 Å². The second kappa shape index (κ2) is 9.64. The predicted molar refractivity (Wildman–Crippen MR) is 135 cm³/mol. The van der Waals surface area contributed by atoms with Crippen LogP contribution < -0.4 is 21.9 Å². The molecule has 0 aliphatic carbocycles. The average molecular weight is 475 g/mol. The maximum atomic E-state index is 13.1. The molecule has 4 N–H and O–H groups in total. The Morgan fingerprint density at radius 2 is 2.03 bits per heavy atom. The highest BCUT2D eigenvalue weighted by Crippen LogP contribution is 2.27. The first-order valence-electron chi connectivity index (χ1n) is 11.4. The van der Waals surface area contributed by atoms with Crippen LogP contribution in [0.2, 0.25) is 0 Å². The van der Waals surface area contributed by atoms with Gasteiger partial charge in [0.1, 0.15) is 23.4 Å².